The minimum Gasteiger partial charge on any atom is -0.334 e. The van der Waals surface area contributed by atoms with Crippen LogP contribution in [0.15, 0.2) is 42.7 Å². The Bertz CT molecular complexity index is 699. The van der Waals surface area contributed by atoms with Crippen LogP contribution < -0.4 is 5.32 Å². The molecule has 6 heteroatoms. The predicted molar refractivity (Wildman–Crippen MR) is 97.9 cm³/mol. The zero-order valence-electron chi connectivity index (χ0n) is 15.2. The number of carbonyl (C=O) groups is 1. The molecule has 1 aliphatic heterocycles. The van der Waals surface area contributed by atoms with Crippen LogP contribution >= 0.6 is 0 Å². The number of likely N-dealkylation sites (tertiary alicyclic amines) is 1. The van der Waals surface area contributed by atoms with Gasteiger partial charge in [-0.3, -0.25) is 9.58 Å². The maximum atomic E-state index is 12.5. The lowest BCUT2D eigenvalue weighted by atomic mass is 10.1. The van der Waals surface area contributed by atoms with E-state index >= 15 is 0 Å². The molecule has 2 aromatic rings. The zero-order valence-corrected chi connectivity index (χ0v) is 15.2. The first-order chi connectivity index (χ1) is 12.0. The molecule has 1 aliphatic rings. The molecule has 2 heterocycles. The third-order valence-corrected chi connectivity index (χ3v) is 4.77. The maximum absolute atomic E-state index is 12.5. The van der Waals surface area contributed by atoms with Gasteiger partial charge in [-0.15, -0.1) is 0 Å². The van der Waals surface area contributed by atoms with Gasteiger partial charge in [0.2, 0.25) is 0 Å². The molecule has 1 N–H and O–H groups in total. The van der Waals surface area contributed by atoms with Gasteiger partial charge in [0, 0.05) is 51.5 Å². The van der Waals surface area contributed by atoms with Gasteiger partial charge in [-0.25, -0.2) is 4.79 Å². The summed E-state index contributed by atoms with van der Waals surface area (Å²) < 4.78 is 1.75. The van der Waals surface area contributed by atoms with Crippen molar-refractivity contribution < 1.29 is 4.79 Å². The van der Waals surface area contributed by atoms with Gasteiger partial charge in [0.25, 0.3) is 0 Å². The van der Waals surface area contributed by atoms with E-state index in [1.54, 1.807) is 15.8 Å². The Morgan fingerprint density at radius 1 is 1.28 bits per heavy atom. The molecule has 0 aliphatic carbocycles. The van der Waals surface area contributed by atoms with Crippen LogP contribution in [0.5, 0.6) is 0 Å². The summed E-state index contributed by atoms with van der Waals surface area (Å²) in [6.07, 6.45) is 3.73. The van der Waals surface area contributed by atoms with E-state index in [1.165, 1.54) is 5.56 Å². The third kappa shape index (κ3) is 4.60. The highest BCUT2D eigenvalue weighted by atomic mass is 16.2. The van der Waals surface area contributed by atoms with Crippen LogP contribution in [0, 0.1) is 5.92 Å². The molecule has 2 unspecified atom stereocenters. The first kappa shape index (κ1) is 17.5. The summed E-state index contributed by atoms with van der Waals surface area (Å²) in [5, 5.41) is 7.34. The average Bonchev–Trinajstić information content (AvgIpc) is 3.14. The van der Waals surface area contributed by atoms with Gasteiger partial charge < -0.3 is 10.2 Å². The van der Waals surface area contributed by atoms with E-state index < -0.39 is 0 Å². The smallest absolute Gasteiger partial charge is 0.317 e. The van der Waals surface area contributed by atoms with E-state index in [4.69, 9.17) is 0 Å². The van der Waals surface area contributed by atoms with E-state index in [2.05, 4.69) is 46.5 Å². The van der Waals surface area contributed by atoms with E-state index in [1.807, 2.05) is 26.4 Å². The predicted octanol–water partition coefficient (Wildman–Crippen LogP) is 2.08. The SMILES string of the molecule is CC1CN(Cc2ccccc2)CC1NC(=O)N(C)Cc1cnn(C)c1. The summed E-state index contributed by atoms with van der Waals surface area (Å²) in [5.74, 6) is 0.444. The lowest BCUT2D eigenvalue weighted by Crippen LogP contribution is -2.45. The quantitative estimate of drug-likeness (QED) is 0.906. The highest BCUT2D eigenvalue weighted by molar-refractivity contribution is 5.74. The van der Waals surface area contributed by atoms with Gasteiger partial charge in [-0.1, -0.05) is 37.3 Å². The highest BCUT2D eigenvalue weighted by Gasteiger charge is 2.31. The molecule has 0 spiro atoms. The van der Waals surface area contributed by atoms with Crippen LogP contribution in [0.1, 0.15) is 18.1 Å². The van der Waals surface area contributed by atoms with Crippen molar-refractivity contribution in [2.75, 3.05) is 20.1 Å². The summed E-state index contributed by atoms with van der Waals surface area (Å²) in [7, 11) is 3.70. The Hall–Kier alpha value is -2.34. The van der Waals surface area contributed by atoms with Crippen molar-refractivity contribution in [1.82, 2.24) is 24.9 Å². The number of amides is 2. The Morgan fingerprint density at radius 3 is 2.72 bits per heavy atom. The Kier molecular flexibility index (Phi) is 5.38. The highest BCUT2D eigenvalue weighted by Crippen LogP contribution is 2.19. The van der Waals surface area contributed by atoms with Gasteiger partial charge >= 0.3 is 6.03 Å². The minimum absolute atomic E-state index is 0.0257. The second-order valence-corrected chi connectivity index (χ2v) is 7.09. The maximum Gasteiger partial charge on any atom is 0.317 e. The van der Waals surface area contributed by atoms with Gasteiger partial charge in [0.15, 0.2) is 0 Å². The summed E-state index contributed by atoms with van der Waals surface area (Å²) >= 11 is 0. The van der Waals surface area contributed by atoms with E-state index in [-0.39, 0.29) is 12.1 Å². The molecule has 0 saturated carbocycles. The molecule has 2 atom stereocenters. The number of carbonyl (C=O) groups excluding carboxylic acids is 1. The topological polar surface area (TPSA) is 53.4 Å². The summed E-state index contributed by atoms with van der Waals surface area (Å²) in [6, 6.07) is 10.6. The van der Waals surface area contributed by atoms with Gasteiger partial charge in [0.05, 0.1) is 12.7 Å². The first-order valence-electron chi connectivity index (χ1n) is 8.76. The second-order valence-electron chi connectivity index (χ2n) is 7.09. The number of nitrogens with one attached hydrogen (secondary N) is 1. The van der Waals surface area contributed by atoms with Crippen LogP contribution in [-0.2, 0) is 20.1 Å². The van der Waals surface area contributed by atoms with Gasteiger partial charge in [-0.05, 0) is 11.5 Å². The van der Waals surface area contributed by atoms with Crippen LogP contribution in [0.4, 0.5) is 4.79 Å². The Labute approximate surface area is 149 Å². The van der Waals surface area contributed by atoms with Crippen molar-refractivity contribution in [1.29, 1.82) is 0 Å². The molecule has 1 saturated heterocycles. The second kappa shape index (κ2) is 7.70. The third-order valence-electron chi connectivity index (χ3n) is 4.77. The standard InChI is InChI=1S/C19H27N5O/c1-15-10-24(13-16-7-5-4-6-8-16)14-18(15)21-19(25)22(2)11-17-9-20-23(3)12-17/h4-9,12,15,18H,10-11,13-14H2,1-3H3,(H,21,25). The van der Waals surface area contributed by atoms with E-state index in [9.17, 15) is 4.79 Å². The molecular weight excluding hydrogens is 314 g/mol. The molecule has 1 fully saturated rings. The fourth-order valence-corrected chi connectivity index (χ4v) is 3.39. The number of nitrogens with zero attached hydrogens (tertiary/aromatic N) is 4. The first-order valence-corrected chi connectivity index (χ1v) is 8.76. The number of urea groups is 1. The lowest BCUT2D eigenvalue weighted by Gasteiger charge is -2.22. The zero-order chi connectivity index (χ0) is 17.8. The van der Waals surface area contributed by atoms with Crippen LogP contribution in [-0.4, -0.2) is 51.8 Å². The molecule has 6 nitrogen and oxygen atoms in total. The molecule has 1 aromatic carbocycles. The molecule has 1 aromatic heterocycles. The summed E-state index contributed by atoms with van der Waals surface area (Å²) in [6.45, 7) is 5.60. The van der Waals surface area contributed by atoms with Gasteiger partial charge in [0.1, 0.15) is 0 Å². The van der Waals surface area contributed by atoms with Crippen molar-refractivity contribution in [2.24, 2.45) is 13.0 Å². The summed E-state index contributed by atoms with van der Waals surface area (Å²) in [4.78, 5) is 16.6. The van der Waals surface area contributed by atoms with Gasteiger partial charge in [-0.2, -0.15) is 5.10 Å². The van der Waals surface area contributed by atoms with Crippen LogP contribution in [0.2, 0.25) is 0 Å². The van der Waals surface area contributed by atoms with E-state index in [0.717, 1.165) is 25.2 Å². The number of aromatic nitrogens is 2. The lowest BCUT2D eigenvalue weighted by molar-refractivity contribution is 0.200. The van der Waals surface area contributed by atoms with E-state index in [0.29, 0.717) is 12.5 Å². The van der Waals surface area contributed by atoms with Crippen molar-refractivity contribution >= 4 is 6.03 Å². The molecule has 2 amide bonds. The monoisotopic (exact) mass is 341 g/mol. The molecule has 0 radical (unpaired) electrons. The van der Waals surface area contributed by atoms with Crippen molar-refractivity contribution in [3.8, 4) is 0 Å². The number of hydrogen-bond donors (Lipinski definition) is 1. The number of aryl methyl sites for hydroxylation is 1. The Balaban J connectivity index is 1.50. The minimum atomic E-state index is -0.0257. The fraction of sp³-hybridized carbons (Fsp3) is 0.474. The summed E-state index contributed by atoms with van der Waals surface area (Å²) in [5.41, 5.74) is 2.35. The van der Waals surface area contributed by atoms with Crippen molar-refractivity contribution in [3.05, 3.63) is 53.9 Å². The molecule has 0 bridgehead atoms. The number of benzene rings is 1. The largest absolute Gasteiger partial charge is 0.334 e. The molecule has 25 heavy (non-hydrogen) atoms. The normalized spacial score (nSPS) is 20.6. The van der Waals surface area contributed by atoms with Crippen molar-refractivity contribution in [2.45, 2.75) is 26.1 Å². The molecule has 134 valence electrons. The van der Waals surface area contributed by atoms with Crippen molar-refractivity contribution in [3.63, 3.8) is 0 Å². The number of rotatable bonds is 5. The fourth-order valence-electron chi connectivity index (χ4n) is 3.39. The molecule has 3 rings (SSSR count). The molecular formula is C19H27N5O. The number of hydrogen-bond acceptors (Lipinski definition) is 3. The Morgan fingerprint density at radius 2 is 2.04 bits per heavy atom. The average molecular weight is 341 g/mol. The van der Waals surface area contributed by atoms with Crippen LogP contribution in [0.3, 0.4) is 0 Å². The van der Waals surface area contributed by atoms with Crippen LogP contribution in [0.25, 0.3) is 0 Å².